The minimum atomic E-state index is 0.301. The molecule has 1 aliphatic rings. The largest absolute Gasteiger partial charge is 0.385 e. The second kappa shape index (κ2) is 9.64. The maximum absolute atomic E-state index is 5.09. The van der Waals surface area contributed by atoms with Crippen molar-refractivity contribution in [3.05, 3.63) is 35.9 Å². The summed E-state index contributed by atoms with van der Waals surface area (Å²) < 4.78 is 5.09. The molecule has 1 aromatic rings. The molecule has 2 N–H and O–H groups in total. The van der Waals surface area contributed by atoms with Crippen LogP contribution in [0.2, 0.25) is 0 Å². The Labute approximate surface area is 146 Å². The summed E-state index contributed by atoms with van der Waals surface area (Å²) in [5.41, 5.74) is 1.74. The number of aliphatic imine (C=N–C) groups is 1. The van der Waals surface area contributed by atoms with E-state index >= 15 is 0 Å². The average Bonchev–Trinajstić information content (AvgIpc) is 3.40. The summed E-state index contributed by atoms with van der Waals surface area (Å²) in [5.74, 6) is 0.891. The average molecular weight is 332 g/mol. The number of nitrogens with zero attached hydrogens (tertiary/aromatic N) is 2. The number of rotatable bonds is 10. The van der Waals surface area contributed by atoms with Gasteiger partial charge in [0.1, 0.15) is 0 Å². The van der Waals surface area contributed by atoms with Gasteiger partial charge in [-0.25, -0.2) is 0 Å². The third kappa shape index (κ3) is 5.80. The maximum Gasteiger partial charge on any atom is 0.191 e. The van der Waals surface area contributed by atoms with Crippen LogP contribution in [0.25, 0.3) is 0 Å². The predicted octanol–water partition coefficient (Wildman–Crippen LogP) is 1.85. The van der Waals surface area contributed by atoms with E-state index in [1.165, 1.54) is 18.4 Å². The van der Waals surface area contributed by atoms with Crippen molar-refractivity contribution in [2.45, 2.75) is 24.7 Å². The van der Waals surface area contributed by atoms with E-state index in [0.717, 1.165) is 45.2 Å². The highest BCUT2D eigenvalue weighted by atomic mass is 16.5. The lowest BCUT2D eigenvalue weighted by Crippen LogP contribution is -2.43. The van der Waals surface area contributed by atoms with Crippen molar-refractivity contribution in [1.29, 1.82) is 0 Å². The summed E-state index contributed by atoms with van der Waals surface area (Å²) >= 11 is 0. The third-order valence-corrected chi connectivity index (χ3v) is 4.73. The summed E-state index contributed by atoms with van der Waals surface area (Å²) in [6.07, 6.45) is 3.58. The molecule has 0 radical (unpaired) electrons. The zero-order chi connectivity index (χ0) is 17.3. The van der Waals surface area contributed by atoms with Gasteiger partial charge >= 0.3 is 0 Å². The van der Waals surface area contributed by atoms with Crippen LogP contribution in [0.4, 0.5) is 0 Å². The van der Waals surface area contributed by atoms with E-state index in [2.05, 4.69) is 57.9 Å². The first-order chi connectivity index (χ1) is 11.7. The molecule has 5 heteroatoms. The third-order valence-electron chi connectivity index (χ3n) is 4.73. The van der Waals surface area contributed by atoms with Crippen LogP contribution in [0.1, 0.15) is 24.8 Å². The van der Waals surface area contributed by atoms with Crippen LogP contribution >= 0.6 is 0 Å². The number of guanidine groups is 1. The standard InChI is InChI=1S/C19H32N4O/c1-20-18(21-12-14-23(2)13-7-15-24-3)22-16-19(10-11-19)17-8-5-4-6-9-17/h4-6,8-9H,7,10-16H2,1-3H3,(H2,20,21,22). The van der Waals surface area contributed by atoms with Crippen molar-refractivity contribution in [3.8, 4) is 0 Å². The van der Waals surface area contributed by atoms with Gasteiger partial charge in [0.2, 0.25) is 0 Å². The Hall–Kier alpha value is -1.59. The fourth-order valence-corrected chi connectivity index (χ4v) is 2.94. The second-order valence-corrected chi connectivity index (χ2v) is 6.65. The molecule has 0 aliphatic heterocycles. The van der Waals surface area contributed by atoms with Crippen LogP contribution < -0.4 is 10.6 Å². The maximum atomic E-state index is 5.09. The van der Waals surface area contributed by atoms with Crippen molar-refractivity contribution in [1.82, 2.24) is 15.5 Å². The van der Waals surface area contributed by atoms with Gasteiger partial charge in [-0.1, -0.05) is 30.3 Å². The van der Waals surface area contributed by atoms with Crippen LogP contribution in [-0.2, 0) is 10.2 Å². The van der Waals surface area contributed by atoms with Gasteiger partial charge in [-0.15, -0.1) is 0 Å². The Morgan fingerprint density at radius 3 is 2.58 bits per heavy atom. The Bertz CT molecular complexity index is 499. The highest BCUT2D eigenvalue weighted by Gasteiger charge is 2.43. The number of hydrogen-bond acceptors (Lipinski definition) is 3. The minimum absolute atomic E-state index is 0.301. The van der Waals surface area contributed by atoms with Gasteiger partial charge in [0.15, 0.2) is 5.96 Å². The lowest BCUT2D eigenvalue weighted by molar-refractivity contribution is 0.180. The first-order valence-electron chi connectivity index (χ1n) is 8.88. The van der Waals surface area contributed by atoms with Crippen LogP contribution in [0.15, 0.2) is 35.3 Å². The number of benzene rings is 1. The van der Waals surface area contributed by atoms with Crippen LogP contribution in [0.3, 0.4) is 0 Å². The normalized spacial score (nSPS) is 16.2. The molecule has 134 valence electrons. The first kappa shape index (κ1) is 18.7. The van der Waals surface area contributed by atoms with Crippen LogP contribution in [0, 0.1) is 0 Å². The van der Waals surface area contributed by atoms with Gasteiger partial charge < -0.3 is 20.3 Å². The molecule has 1 fully saturated rings. The van der Waals surface area contributed by atoms with E-state index in [1.54, 1.807) is 7.11 Å². The zero-order valence-corrected chi connectivity index (χ0v) is 15.3. The Balaban J connectivity index is 1.68. The number of likely N-dealkylation sites (N-methyl/N-ethyl adjacent to an activating group) is 1. The quantitative estimate of drug-likeness (QED) is 0.390. The molecule has 0 atom stereocenters. The summed E-state index contributed by atoms with van der Waals surface area (Å²) in [6, 6.07) is 10.8. The van der Waals surface area contributed by atoms with E-state index in [-0.39, 0.29) is 0 Å². The van der Waals surface area contributed by atoms with Gasteiger partial charge in [0, 0.05) is 52.4 Å². The lowest BCUT2D eigenvalue weighted by Gasteiger charge is -2.20. The van der Waals surface area contributed by atoms with E-state index in [4.69, 9.17) is 4.74 Å². The van der Waals surface area contributed by atoms with E-state index in [1.807, 2.05) is 7.05 Å². The van der Waals surface area contributed by atoms with Crippen molar-refractivity contribution in [2.75, 3.05) is 54.0 Å². The molecule has 2 rings (SSSR count). The molecule has 0 amide bonds. The second-order valence-electron chi connectivity index (χ2n) is 6.65. The number of methoxy groups -OCH3 is 1. The van der Waals surface area contributed by atoms with Crippen LogP contribution in [0.5, 0.6) is 0 Å². The van der Waals surface area contributed by atoms with Crippen LogP contribution in [-0.4, -0.2) is 64.9 Å². The Morgan fingerprint density at radius 2 is 1.96 bits per heavy atom. The van der Waals surface area contributed by atoms with Gasteiger partial charge in [-0.05, 0) is 31.9 Å². The monoisotopic (exact) mass is 332 g/mol. The molecule has 0 unspecified atom stereocenters. The molecule has 1 saturated carbocycles. The molecule has 0 heterocycles. The van der Waals surface area contributed by atoms with Gasteiger partial charge in [0.25, 0.3) is 0 Å². The Kier molecular flexibility index (Phi) is 7.53. The van der Waals surface area contributed by atoms with Gasteiger partial charge in [-0.2, -0.15) is 0 Å². The topological polar surface area (TPSA) is 48.9 Å². The van der Waals surface area contributed by atoms with Gasteiger partial charge in [-0.3, -0.25) is 4.99 Å². The highest BCUT2D eigenvalue weighted by molar-refractivity contribution is 5.79. The van der Waals surface area contributed by atoms with Crippen molar-refractivity contribution in [3.63, 3.8) is 0 Å². The molecule has 0 saturated heterocycles. The number of ether oxygens (including phenoxy) is 1. The first-order valence-corrected chi connectivity index (χ1v) is 8.88. The summed E-state index contributed by atoms with van der Waals surface area (Å²) in [6.45, 7) is 4.71. The molecule has 1 aliphatic carbocycles. The molecule has 24 heavy (non-hydrogen) atoms. The molecular formula is C19H32N4O. The number of hydrogen-bond donors (Lipinski definition) is 2. The molecule has 0 spiro atoms. The van der Waals surface area contributed by atoms with E-state index in [9.17, 15) is 0 Å². The fraction of sp³-hybridized carbons (Fsp3) is 0.632. The fourth-order valence-electron chi connectivity index (χ4n) is 2.94. The molecule has 0 aromatic heterocycles. The Morgan fingerprint density at radius 1 is 1.21 bits per heavy atom. The molecule has 5 nitrogen and oxygen atoms in total. The molecule has 1 aromatic carbocycles. The lowest BCUT2D eigenvalue weighted by atomic mass is 9.96. The minimum Gasteiger partial charge on any atom is -0.385 e. The molecular weight excluding hydrogens is 300 g/mol. The predicted molar refractivity (Wildman–Crippen MR) is 101 cm³/mol. The zero-order valence-electron chi connectivity index (χ0n) is 15.3. The van der Waals surface area contributed by atoms with Crippen molar-refractivity contribution >= 4 is 5.96 Å². The van der Waals surface area contributed by atoms with E-state index < -0.39 is 0 Å². The summed E-state index contributed by atoms with van der Waals surface area (Å²) in [7, 11) is 5.72. The smallest absolute Gasteiger partial charge is 0.191 e. The van der Waals surface area contributed by atoms with Crippen molar-refractivity contribution in [2.24, 2.45) is 4.99 Å². The number of nitrogens with one attached hydrogen (secondary N) is 2. The summed E-state index contributed by atoms with van der Waals surface area (Å²) in [4.78, 5) is 6.65. The molecule has 0 bridgehead atoms. The van der Waals surface area contributed by atoms with E-state index in [0.29, 0.717) is 5.41 Å². The SMILES string of the molecule is CN=C(NCCN(C)CCCOC)NCC1(c2ccccc2)CC1. The highest BCUT2D eigenvalue weighted by Crippen LogP contribution is 2.47. The van der Waals surface area contributed by atoms with Crippen molar-refractivity contribution < 1.29 is 4.74 Å². The van der Waals surface area contributed by atoms with Gasteiger partial charge in [0.05, 0.1) is 0 Å². The summed E-state index contributed by atoms with van der Waals surface area (Å²) in [5, 5.41) is 6.91.